The fourth-order valence-corrected chi connectivity index (χ4v) is 5.03. The van der Waals surface area contributed by atoms with E-state index in [0.717, 1.165) is 43.4 Å². The fourth-order valence-electron chi connectivity index (χ4n) is 3.99. The zero-order valence-electron chi connectivity index (χ0n) is 19.1. The van der Waals surface area contributed by atoms with Crippen LogP contribution in [0.5, 0.6) is 11.5 Å². The van der Waals surface area contributed by atoms with E-state index < -0.39 is 0 Å². The third-order valence-electron chi connectivity index (χ3n) is 5.95. The van der Waals surface area contributed by atoms with E-state index in [-0.39, 0.29) is 0 Å². The number of likely N-dealkylation sites (tertiary alicyclic amines) is 1. The van der Waals surface area contributed by atoms with Crippen LogP contribution in [0.3, 0.4) is 0 Å². The molecule has 3 aromatic rings. The van der Waals surface area contributed by atoms with Crippen LogP contribution in [0.4, 0.5) is 5.82 Å². The average molecular weight is 508 g/mol. The summed E-state index contributed by atoms with van der Waals surface area (Å²) in [7, 11) is 5.27. The van der Waals surface area contributed by atoms with Crippen molar-refractivity contribution in [3.63, 3.8) is 0 Å². The normalized spacial score (nSPS) is 15.1. The van der Waals surface area contributed by atoms with Crippen LogP contribution < -0.4 is 14.8 Å². The highest BCUT2D eigenvalue weighted by Crippen LogP contribution is 2.46. The highest BCUT2D eigenvalue weighted by molar-refractivity contribution is 7.98. The molecule has 1 aliphatic rings. The quantitative estimate of drug-likeness (QED) is 0.332. The van der Waals surface area contributed by atoms with E-state index in [9.17, 15) is 0 Å². The Morgan fingerprint density at radius 3 is 2.36 bits per heavy atom. The molecule has 33 heavy (non-hydrogen) atoms. The van der Waals surface area contributed by atoms with Gasteiger partial charge in [-0.15, -0.1) is 0 Å². The third kappa shape index (κ3) is 5.09. The molecular weight excluding hydrogens is 481 g/mol. The molecule has 1 aromatic carbocycles. The maximum atomic E-state index is 6.68. The molecule has 0 atom stereocenters. The van der Waals surface area contributed by atoms with Crippen LogP contribution >= 0.6 is 35.0 Å². The molecule has 4 rings (SSSR count). The second-order valence-corrected chi connectivity index (χ2v) is 9.59. The molecule has 176 valence electrons. The molecule has 10 heteroatoms. The molecule has 1 saturated heterocycles. The summed E-state index contributed by atoms with van der Waals surface area (Å²) < 4.78 is 10.9. The van der Waals surface area contributed by atoms with Crippen molar-refractivity contribution < 1.29 is 9.47 Å². The predicted molar refractivity (Wildman–Crippen MR) is 136 cm³/mol. The summed E-state index contributed by atoms with van der Waals surface area (Å²) in [6.45, 7) is 3.03. The Labute approximate surface area is 208 Å². The number of fused-ring (bicyclic) bond motifs is 1. The van der Waals surface area contributed by atoms with Gasteiger partial charge in [0.05, 0.1) is 30.0 Å². The Kier molecular flexibility index (Phi) is 7.69. The van der Waals surface area contributed by atoms with Crippen molar-refractivity contribution in [2.75, 3.05) is 52.5 Å². The first-order valence-corrected chi connectivity index (χ1v) is 12.7. The van der Waals surface area contributed by atoms with Gasteiger partial charge >= 0.3 is 0 Å². The summed E-state index contributed by atoms with van der Waals surface area (Å²) in [5.41, 5.74) is 1.92. The van der Waals surface area contributed by atoms with Gasteiger partial charge in [-0.25, -0.2) is 15.0 Å². The number of anilines is 1. The van der Waals surface area contributed by atoms with Gasteiger partial charge in [0.2, 0.25) is 0 Å². The van der Waals surface area contributed by atoms with Gasteiger partial charge in [0.15, 0.2) is 11.0 Å². The van der Waals surface area contributed by atoms with Crippen molar-refractivity contribution in [3.05, 3.63) is 28.4 Å². The Morgan fingerprint density at radius 2 is 1.76 bits per heavy atom. The molecule has 0 aliphatic carbocycles. The fraction of sp³-hybridized carbons (Fsp3) is 0.435. The minimum atomic E-state index is 0.373. The molecule has 3 heterocycles. The monoisotopic (exact) mass is 507 g/mol. The Hall–Kier alpha value is -2.00. The van der Waals surface area contributed by atoms with Crippen molar-refractivity contribution in [2.45, 2.75) is 18.0 Å². The maximum Gasteiger partial charge on any atom is 0.187 e. The van der Waals surface area contributed by atoms with Crippen LogP contribution in [-0.2, 0) is 0 Å². The molecule has 1 N–H and O–H groups in total. The highest BCUT2D eigenvalue weighted by Gasteiger charge is 2.22. The van der Waals surface area contributed by atoms with E-state index >= 15 is 0 Å². The molecular formula is C23H27Cl2N5O2S. The second kappa shape index (κ2) is 10.5. The number of thioether (sulfide) groups is 1. The largest absolute Gasteiger partial charge is 0.495 e. The van der Waals surface area contributed by atoms with Gasteiger partial charge in [-0.3, -0.25) is 0 Å². The molecule has 0 bridgehead atoms. The first kappa shape index (κ1) is 24.1. The Balaban J connectivity index is 1.81. The zero-order valence-corrected chi connectivity index (χ0v) is 21.4. The Bertz CT molecular complexity index is 1130. The molecule has 7 nitrogen and oxygen atoms in total. The molecule has 2 aromatic heterocycles. The molecule has 1 aliphatic heterocycles. The average Bonchev–Trinajstić information content (AvgIpc) is 2.83. The van der Waals surface area contributed by atoms with Crippen LogP contribution in [0.1, 0.15) is 12.8 Å². The molecule has 0 unspecified atom stereocenters. The van der Waals surface area contributed by atoms with Crippen molar-refractivity contribution >= 4 is 51.7 Å². The van der Waals surface area contributed by atoms with E-state index in [1.54, 1.807) is 26.5 Å². The number of nitrogens with one attached hydrogen (secondary N) is 1. The number of rotatable bonds is 7. The highest BCUT2D eigenvalue weighted by atomic mass is 35.5. The molecule has 1 fully saturated rings. The number of methoxy groups -OCH3 is 2. The number of halogens is 2. The lowest BCUT2D eigenvalue weighted by molar-refractivity contribution is 0.226. The summed E-state index contributed by atoms with van der Waals surface area (Å²) >= 11 is 14.8. The van der Waals surface area contributed by atoms with E-state index in [0.29, 0.717) is 49.7 Å². The van der Waals surface area contributed by atoms with Crippen LogP contribution in [0.25, 0.3) is 22.2 Å². The number of pyridine rings is 1. The van der Waals surface area contributed by atoms with Gasteiger partial charge in [0.1, 0.15) is 17.0 Å². The van der Waals surface area contributed by atoms with Gasteiger partial charge in [0, 0.05) is 29.8 Å². The topological polar surface area (TPSA) is 72.4 Å². The number of ether oxygens (including phenoxy) is 2. The van der Waals surface area contributed by atoms with Crippen LogP contribution in [0.15, 0.2) is 23.5 Å². The standard InChI is InChI=1S/C23H27Cl2N5O2S/c1-30-7-5-13(6-8-30)11-26-22-21-14(12-27-23(29-21)33-4)9-15(28-22)18-19(24)16(31-2)10-17(32-3)20(18)25/h9-10,12-13H,5-8,11H2,1-4H3,(H,26,28). The number of hydrogen-bond donors (Lipinski definition) is 1. The summed E-state index contributed by atoms with van der Waals surface area (Å²) in [5.74, 6) is 2.19. The third-order valence-corrected chi connectivity index (χ3v) is 7.26. The van der Waals surface area contributed by atoms with Crippen molar-refractivity contribution in [1.29, 1.82) is 0 Å². The first-order chi connectivity index (χ1) is 15.9. The van der Waals surface area contributed by atoms with Gasteiger partial charge in [-0.2, -0.15) is 0 Å². The van der Waals surface area contributed by atoms with Crippen molar-refractivity contribution in [2.24, 2.45) is 5.92 Å². The van der Waals surface area contributed by atoms with Gasteiger partial charge in [-0.1, -0.05) is 35.0 Å². The van der Waals surface area contributed by atoms with E-state index in [4.69, 9.17) is 42.6 Å². The lowest BCUT2D eigenvalue weighted by atomic mass is 9.97. The van der Waals surface area contributed by atoms with Crippen molar-refractivity contribution in [3.8, 4) is 22.8 Å². The predicted octanol–water partition coefficient (Wildman–Crippen LogP) is 5.49. The molecule has 0 saturated carbocycles. The number of aromatic nitrogens is 3. The summed E-state index contributed by atoms with van der Waals surface area (Å²) in [4.78, 5) is 16.4. The van der Waals surface area contributed by atoms with Gasteiger partial charge < -0.3 is 19.7 Å². The summed E-state index contributed by atoms with van der Waals surface area (Å²) in [5, 5.41) is 5.84. The van der Waals surface area contributed by atoms with Gasteiger partial charge in [0.25, 0.3) is 0 Å². The zero-order chi connectivity index (χ0) is 23.5. The number of nitrogens with zero attached hydrogens (tertiary/aromatic N) is 4. The molecule has 0 radical (unpaired) electrons. The van der Waals surface area contributed by atoms with E-state index in [1.807, 2.05) is 12.3 Å². The number of hydrogen-bond acceptors (Lipinski definition) is 8. The van der Waals surface area contributed by atoms with E-state index in [2.05, 4.69) is 22.2 Å². The van der Waals surface area contributed by atoms with E-state index in [1.165, 1.54) is 11.8 Å². The molecule has 0 spiro atoms. The maximum absolute atomic E-state index is 6.68. The minimum Gasteiger partial charge on any atom is -0.495 e. The second-order valence-electron chi connectivity index (χ2n) is 8.06. The summed E-state index contributed by atoms with van der Waals surface area (Å²) in [6.07, 6.45) is 6.06. The lowest BCUT2D eigenvalue weighted by Crippen LogP contribution is -2.33. The van der Waals surface area contributed by atoms with Crippen LogP contribution in [0, 0.1) is 5.92 Å². The SMILES string of the molecule is COc1cc(OC)c(Cl)c(-c2cc3cnc(SC)nc3c(NCC3CCN(C)CC3)n2)c1Cl. The smallest absolute Gasteiger partial charge is 0.187 e. The minimum absolute atomic E-state index is 0.373. The van der Waals surface area contributed by atoms with Crippen LogP contribution in [0.2, 0.25) is 10.0 Å². The first-order valence-electron chi connectivity index (χ1n) is 10.7. The number of benzene rings is 1. The van der Waals surface area contributed by atoms with Crippen LogP contribution in [-0.4, -0.2) is 67.0 Å². The summed E-state index contributed by atoms with van der Waals surface area (Å²) in [6, 6.07) is 3.56. The Morgan fingerprint density at radius 1 is 1.09 bits per heavy atom. The lowest BCUT2D eigenvalue weighted by Gasteiger charge is -2.29. The van der Waals surface area contributed by atoms with Gasteiger partial charge in [-0.05, 0) is 51.2 Å². The van der Waals surface area contributed by atoms with Crippen molar-refractivity contribution in [1.82, 2.24) is 19.9 Å². The molecule has 0 amide bonds. The number of piperidine rings is 1.